The van der Waals surface area contributed by atoms with Gasteiger partial charge in [-0.2, -0.15) is 5.06 Å². The Hall–Kier alpha value is -0.420. The molecule has 0 aromatic carbocycles. The van der Waals surface area contributed by atoms with Crippen LogP contribution in [0.2, 0.25) is 0 Å². The van der Waals surface area contributed by atoms with E-state index in [0.717, 1.165) is 68.7 Å². The first-order valence-corrected chi connectivity index (χ1v) is 13.3. The first-order chi connectivity index (χ1) is 14.8. The highest BCUT2D eigenvalue weighted by molar-refractivity contribution is 5.28. The lowest BCUT2D eigenvalue weighted by Crippen LogP contribution is -2.47. The van der Waals surface area contributed by atoms with E-state index in [1.165, 1.54) is 32.1 Å². The summed E-state index contributed by atoms with van der Waals surface area (Å²) < 4.78 is 6.84. The fourth-order valence-corrected chi connectivity index (χ4v) is 9.58. The zero-order valence-corrected chi connectivity index (χ0v) is 19.9. The summed E-state index contributed by atoms with van der Waals surface area (Å²) in [6, 6.07) is 0.197. The maximum Gasteiger partial charge on any atom is 0.0765 e. The molecule has 0 amide bonds. The Morgan fingerprint density at radius 3 is 2.77 bits per heavy atom. The highest BCUT2D eigenvalue weighted by atomic mass is 16.5. The van der Waals surface area contributed by atoms with Crippen molar-refractivity contribution in [2.24, 2.45) is 35.0 Å². The molecular weight excluding hydrogens is 386 g/mol. The molecule has 3 saturated carbocycles. The quantitative estimate of drug-likeness (QED) is 0.511. The summed E-state index contributed by atoms with van der Waals surface area (Å²) in [7, 11) is 0. The van der Waals surface area contributed by atoms with E-state index >= 15 is 0 Å². The highest BCUT2D eigenvalue weighted by Crippen LogP contribution is 2.65. The largest absolute Gasteiger partial charge is 0.393 e. The molecule has 6 rings (SSSR count). The topological polar surface area (TPSA) is 52.9 Å². The summed E-state index contributed by atoms with van der Waals surface area (Å²) in [5.41, 5.74) is 3.79. The second-order valence-corrected chi connectivity index (χ2v) is 12.9. The van der Waals surface area contributed by atoms with Crippen molar-refractivity contribution < 1.29 is 15.1 Å². The van der Waals surface area contributed by atoms with Gasteiger partial charge in [0.2, 0.25) is 0 Å². The first kappa shape index (κ1) is 21.1. The number of fused-ring (bicyclic) bond motifs is 6. The Morgan fingerprint density at radius 1 is 1.10 bits per heavy atom. The van der Waals surface area contributed by atoms with Crippen molar-refractivity contribution in [3.8, 4) is 0 Å². The van der Waals surface area contributed by atoms with E-state index in [9.17, 15) is 10.3 Å². The molecule has 4 heteroatoms. The molecule has 2 N–H and O–H groups in total. The normalized spacial score (nSPS) is 54.9. The molecular formula is C27H43NO3. The Morgan fingerprint density at radius 2 is 1.94 bits per heavy atom. The molecule has 0 aromatic rings. The fourth-order valence-electron chi connectivity index (χ4n) is 9.58. The van der Waals surface area contributed by atoms with Crippen molar-refractivity contribution in [1.82, 2.24) is 5.06 Å². The molecule has 174 valence electrons. The van der Waals surface area contributed by atoms with Crippen LogP contribution in [0.5, 0.6) is 0 Å². The van der Waals surface area contributed by atoms with Crippen LogP contribution in [-0.4, -0.2) is 45.8 Å². The van der Waals surface area contributed by atoms with E-state index in [1.54, 1.807) is 16.2 Å². The van der Waals surface area contributed by atoms with Crippen LogP contribution in [-0.2, 0) is 4.74 Å². The minimum absolute atomic E-state index is 0.0483. The maximum absolute atomic E-state index is 10.6. The van der Waals surface area contributed by atoms with Crippen molar-refractivity contribution in [2.75, 3.05) is 6.54 Å². The van der Waals surface area contributed by atoms with Gasteiger partial charge in [-0.05, 0) is 113 Å². The molecule has 0 aromatic heterocycles. The predicted octanol–water partition coefficient (Wildman–Crippen LogP) is 5.33. The Kier molecular flexibility index (Phi) is 4.97. The van der Waals surface area contributed by atoms with E-state index in [4.69, 9.17) is 4.74 Å². The number of aliphatic hydroxyl groups excluding tert-OH is 1. The van der Waals surface area contributed by atoms with E-state index in [0.29, 0.717) is 11.3 Å². The molecule has 4 nitrogen and oxygen atoms in total. The van der Waals surface area contributed by atoms with Gasteiger partial charge < -0.3 is 15.1 Å². The van der Waals surface area contributed by atoms with Gasteiger partial charge in [-0.15, -0.1) is 0 Å². The van der Waals surface area contributed by atoms with Gasteiger partial charge in [0.05, 0.1) is 23.9 Å². The Balaban J connectivity index is 1.25. The first-order valence-electron chi connectivity index (χ1n) is 13.3. The predicted molar refractivity (Wildman–Crippen MR) is 121 cm³/mol. The van der Waals surface area contributed by atoms with Gasteiger partial charge in [0.15, 0.2) is 0 Å². The van der Waals surface area contributed by atoms with Gasteiger partial charge >= 0.3 is 0 Å². The number of piperidine rings is 1. The highest BCUT2D eigenvalue weighted by Gasteiger charge is 2.58. The standard InChI is InChI=1S/C27H43NO3/c1-16-10-25-24(28(30)15-16)14-27(31-25)9-7-20-21-5-4-18-11-19(29)6-8-26(18,3)23(21)12-22(20)17(2)13-27/h16,18-21,23-25,29-30H,4-15H2,1-3H3/t16-,18+,19?,20-,21-,23-,24-,25+,26-,27-/m0/s1. The molecule has 2 heterocycles. The Labute approximate surface area is 188 Å². The molecule has 0 bridgehead atoms. The maximum atomic E-state index is 10.6. The fraction of sp³-hybridized carbons (Fsp3) is 0.926. The summed E-state index contributed by atoms with van der Waals surface area (Å²) in [6.45, 7) is 8.01. The lowest BCUT2D eigenvalue weighted by Gasteiger charge is -2.53. The third-order valence-corrected chi connectivity index (χ3v) is 11.1. The van der Waals surface area contributed by atoms with Crippen LogP contribution in [0, 0.1) is 35.0 Å². The second kappa shape index (κ2) is 7.29. The van der Waals surface area contributed by atoms with Crippen molar-refractivity contribution in [3.63, 3.8) is 0 Å². The van der Waals surface area contributed by atoms with Crippen LogP contribution in [0.4, 0.5) is 0 Å². The summed E-state index contributed by atoms with van der Waals surface area (Å²) in [5, 5.41) is 22.5. The monoisotopic (exact) mass is 429 g/mol. The van der Waals surface area contributed by atoms with E-state index < -0.39 is 0 Å². The molecule has 2 aliphatic heterocycles. The molecule has 2 saturated heterocycles. The van der Waals surface area contributed by atoms with Crippen LogP contribution >= 0.6 is 0 Å². The minimum atomic E-state index is -0.0563. The van der Waals surface area contributed by atoms with Crippen molar-refractivity contribution in [2.45, 2.75) is 115 Å². The molecule has 10 atom stereocenters. The average molecular weight is 430 g/mol. The molecule has 4 aliphatic carbocycles. The third kappa shape index (κ3) is 3.22. The zero-order chi connectivity index (χ0) is 21.5. The van der Waals surface area contributed by atoms with Crippen LogP contribution in [0.1, 0.15) is 91.4 Å². The van der Waals surface area contributed by atoms with Gasteiger partial charge in [0, 0.05) is 6.54 Å². The summed E-state index contributed by atoms with van der Waals surface area (Å²) in [4.78, 5) is 0. The molecule has 1 unspecified atom stereocenters. The third-order valence-electron chi connectivity index (χ3n) is 11.1. The zero-order valence-electron chi connectivity index (χ0n) is 19.9. The number of ether oxygens (including phenoxy) is 1. The van der Waals surface area contributed by atoms with Gasteiger partial charge in [-0.25, -0.2) is 0 Å². The SMILES string of the molecule is CC1=C2C[C@H]3[C@@H](CC[C@@H]4CC(O)CC[C@@]43C)[C@@H]2CC[C@]2(C1)C[C@H]1[C@@H](C[C@H](C)CN1O)O2. The van der Waals surface area contributed by atoms with Gasteiger partial charge in [0.1, 0.15) is 0 Å². The number of hydrogen-bond donors (Lipinski definition) is 2. The van der Waals surface area contributed by atoms with Gasteiger partial charge in [-0.3, -0.25) is 0 Å². The number of allylic oxidation sites excluding steroid dienone is 1. The lowest BCUT2D eigenvalue weighted by atomic mass is 9.52. The van der Waals surface area contributed by atoms with Crippen LogP contribution in [0.25, 0.3) is 0 Å². The van der Waals surface area contributed by atoms with Crippen molar-refractivity contribution >= 4 is 0 Å². The molecule has 1 spiro atoms. The average Bonchev–Trinajstić information content (AvgIpc) is 3.23. The van der Waals surface area contributed by atoms with E-state index in [1.807, 2.05) is 0 Å². The van der Waals surface area contributed by atoms with Crippen LogP contribution in [0.3, 0.4) is 0 Å². The molecule has 6 aliphatic rings. The van der Waals surface area contributed by atoms with Crippen molar-refractivity contribution in [1.29, 1.82) is 0 Å². The van der Waals surface area contributed by atoms with Gasteiger partial charge in [0.25, 0.3) is 0 Å². The number of hydrogen-bond acceptors (Lipinski definition) is 4. The summed E-state index contributed by atoms with van der Waals surface area (Å²) in [6.07, 6.45) is 13.0. The van der Waals surface area contributed by atoms with Crippen LogP contribution < -0.4 is 0 Å². The number of nitrogens with zero attached hydrogens (tertiary/aromatic N) is 1. The van der Waals surface area contributed by atoms with Crippen LogP contribution in [0.15, 0.2) is 11.1 Å². The lowest BCUT2D eigenvalue weighted by molar-refractivity contribution is -0.175. The smallest absolute Gasteiger partial charge is 0.0765 e. The van der Waals surface area contributed by atoms with E-state index in [2.05, 4.69) is 20.8 Å². The number of rotatable bonds is 0. The van der Waals surface area contributed by atoms with Crippen molar-refractivity contribution in [3.05, 3.63) is 11.1 Å². The Bertz CT molecular complexity index is 766. The van der Waals surface area contributed by atoms with E-state index in [-0.39, 0.29) is 23.9 Å². The number of hydroxylamine groups is 2. The summed E-state index contributed by atoms with van der Waals surface area (Å²) in [5.74, 6) is 3.66. The second-order valence-electron chi connectivity index (χ2n) is 12.9. The summed E-state index contributed by atoms with van der Waals surface area (Å²) >= 11 is 0. The van der Waals surface area contributed by atoms with Gasteiger partial charge in [-0.1, -0.05) is 25.0 Å². The number of aliphatic hydroxyl groups is 1. The molecule has 31 heavy (non-hydrogen) atoms. The molecule has 0 radical (unpaired) electrons. The molecule has 5 fully saturated rings. The minimum Gasteiger partial charge on any atom is -0.393 e.